The molecule has 0 saturated carbocycles. The molecule has 1 rings (SSSR count). The molecule has 0 aromatic rings. The molecule has 1 aliphatic rings. The third-order valence-electron chi connectivity index (χ3n) is 13.5. The number of hydrogen-bond acceptors (Lipinski definition) is 7. The number of carbonyl (C=O) groups excluding carboxylic acids is 2. The van der Waals surface area contributed by atoms with Gasteiger partial charge in [-0.3, -0.25) is 9.59 Å². The number of aliphatic hydroxyl groups is 1. The molecule has 0 spiro atoms. The van der Waals surface area contributed by atoms with Crippen molar-refractivity contribution < 1.29 is 24.2 Å². The second-order valence-corrected chi connectivity index (χ2v) is 20.0. The minimum Gasteiger partial charge on any atom is -0.495 e. The molecule has 63 heavy (non-hydrogen) atoms. The van der Waals surface area contributed by atoms with E-state index in [1.165, 1.54) is 154 Å². The number of nitrogens with zero attached hydrogens (tertiary/aromatic N) is 1. The van der Waals surface area contributed by atoms with Gasteiger partial charge < -0.3 is 24.8 Å². The van der Waals surface area contributed by atoms with Gasteiger partial charge in [-0.2, -0.15) is 0 Å². The lowest BCUT2D eigenvalue weighted by Gasteiger charge is -2.39. The van der Waals surface area contributed by atoms with Gasteiger partial charge in [0.2, 0.25) is 5.78 Å². The highest BCUT2D eigenvalue weighted by molar-refractivity contribution is 6.11. The summed E-state index contributed by atoms with van der Waals surface area (Å²) >= 11 is 0. The number of ether oxygens (including phenoxy) is 2. The number of allylic oxidation sites excluding steroid dienone is 1. The van der Waals surface area contributed by atoms with Crippen LogP contribution in [0, 0.1) is 5.92 Å². The fraction of sp³-hybridized carbons (Fsp3) is 0.893. The first-order valence-electron chi connectivity index (χ1n) is 27.5. The van der Waals surface area contributed by atoms with E-state index in [-0.39, 0.29) is 23.8 Å². The summed E-state index contributed by atoms with van der Waals surface area (Å²) in [6.07, 6.45) is 42.0. The smallest absolute Gasteiger partial charge is 0.306 e. The standard InChI is InChI=1S/C56H106N2O5/c1-9-13-16-19-25-32-40-50(12-4)62-49(7)39-31-24-22-29-36-45-58(47-38-44-57-54-53(48(5)6)56(8,61)55(54)60)46-37-30-23-28-35-43-52(59)63-51(41-33-26-20-17-14-10-2)42-34-27-21-18-15-11-3/h48,50-51,57,61H,7,9-47H2,1-6,8H3/t50-,56?/m1/s1. The number of Topliss-reactive ketones (excluding diaryl/α,β-unsaturated/α-hetero) is 1. The van der Waals surface area contributed by atoms with E-state index in [4.69, 9.17) is 9.47 Å². The molecular weight excluding hydrogens is 781 g/mol. The van der Waals surface area contributed by atoms with Gasteiger partial charge in [0.25, 0.3) is 0 Å². The van der Waals surface area contributed by atoms with Crippen molar-refractivity contribution in [2.75, 3.05) is 26.2 Å². The third-order valence-corrected chi connectivity index (χ3v) is 13.5. The minimum atomic E-state index is -1.32. The molecule has 0 radical (unpaired) electrons. The molecule has 0 aromatic carbocycles. The Morgan fingerprint density at radius 3 is 1.48 bits per heavy atom. The molecule has 0 amide bonds. The van der Waals surface area contributed by atoms with Gasteiger partial charge in [-0.05, 0) is 115 Å². The lowest BCUT2D eigenvalue weighted by molar-refractivity contribution is -0.150. The fourth-order valence-corrected chi connectivity index (χ4v) is 9.47. The quantitative estimate of drug-likeness (QED) is 0.0357. The Kier molecular flexibility index (Phi) is 36.9. The average molecular weight is 887 g/mol. The van der Waals surface area contributed by atoms with Gasteiger partial charge in [0, 0.05) is 19.4 Å². The van der Waals surface area contributed by atoms with E-state index in [1.54, 1.807) is 6.92 Å². The van der Waals surface area contributed by atoms with E-state index in [0.29, 0.717) is 18.2 Å². The Morgan fingerprint density at radius 1 is 0.587 bits per heavy atom. The summed E-state index contributed by atoms with van der Waals surface area (Å²) in [6.45, 7) is 22.9. The van der Waals surface area contributed by atoms with E-state index in [9.17, 15) is 14.7 Å². The molecule has 0 saturated heterocycles. The van der Waals surface area contributed by atoms with Crippen LogP contribution in [0.2, 0.25) is 0 Å². The van der Waals surface area contributed by atoms with Gasteiger partial charge >= 0.3 is 5.97 Å². The maximum Gasteiger partial charge on any atom is 0.306 e. The maximum absolute atomic E-state index is 12.9. The largest absolute Gasteiger partial charge is 0.495 e. The second kappa shape index (κ2) is 39.3. The van der Waals surface area contributed by atoms with Gasteiger partial charge in [-0.1, -0.05) is 183 Å². The summed E-state index contributed by atoms with van der Waals surface area (Å²) < 4.78 is 12.4. The Hall–Kier alpha value is -1.86. The number of hydrogen-bond donors (Lipinski definition) is 2. The summed E-state index contributed by atoms with van der Waals surface area (Å²) in [6, 6.07) is 0. The molecule has 2 N–H and O–H groups in total. The predicted molar refractivity (Wildman–Crippen MR) is 270 cm³/mol. The van der Waals surface area contributed by atoms with Crippen LogP contribution in [-0.4, -0.2) is 65.7 Å². The molecule has 370 valence electrons. The SMILES string of the molecule is C=C(CCCCCCCN(CCCCCCCC(=O)OC(CCCCCCCC)CCCCCCCC)CCCNC1=C(C(C)C)C(C)(O)C1=O)O[C@H](CC)CCCCCCCC. The second-order valence-electron chi connectivity index (χ2n) is 20.0. The van der Waals surface area contributed by atoms with Crippen LogP contribution < -0.4 is 5.32 Å². The number of carbonyl (C=O) groups is 2. The predicted octanol–water partition coefficient (Wildman–Crippen LogP) is 15.7. The van der Waals surface area contributed by atoms with Gasteiger partial charge in [-0.15, -0.1) is 0 Å². The van der Waals surface area contributed by atoms with Gasteiger partial charge in [-0.25, -0.2) is 0 Å². The Bertz CT molecular complexity index is 1150. The number of ketones is 1. The molecule has 7 nitrogen and oxygen atoms in total. The van der Waals surface area contributed by atoms with Crippen molar-refractivity contribution in [1.29, 1.82) is 0 Å². The van der Waals surface area contributed by atoms with E-state index in [1.807, 2.05) is 13.8 Å². The monoisotopic (exact) mass is 887 g/mol. The van der Waals surface area contributed by atoms with Crippen LogP contribution in [0.25, 0.3) is 0 Å². The lowest BCUT2D eigenvalue weighted by Crippen LogP contribution is -2.54. The van der Waals surface area contributed by atoms with Gasteiger partial charge in [0.1, 0.15) is 11.7 Å². The average Bonchev–Trinajstić information content (AvgIpc) is 3.26. The summed E-state index contributed by atoms with van der Waals surface area (Å²) in [5, 5.41) is 14.0. The van der Waals surface area contributed by atoms with Crippen LogP contribution in [0.1, 0.15) is 273 Å². The molecule has 0 aromatic heterocycles. The first-order chi connectivity index (χ1) is 30.5. The van der Waals surface area contributed by atoms with Crippen molar-refractivity contribution in [2.24, 2.45) is 5.92 Å². The molecule has 0 heterocycles. The van der Waals surface area contributed by atoms with Crippen molar-refractivity contribution in [2.45, 2.75) is 291 Å². The molecule has 2 atom stereocenters. The lowest BCUT2D eigenvalue weighted by atomic mass is 9.71. The zero-order valence-electron chi connectivity index (χ0n) is 43.0. The number of rotatable bonds is 47. The van der Waals surface area contributed by atoms with Crippen molar-refractivity contribution in [3.05, 3.63) is 23.6 Å². The van der Waals surface area contributed by atoms with E-state index in [2.05, 4.69) is 44.5 Å². The van der Waals surface area contributed by atoms with E-state index in [0.717, 1.165) is 102 Å². The highest BCUT2D eigenvalue weighted by atomic mass is 16.5. The highest BCUT2D eigenvalue weighted by Gasteiger charge is 2.49. The zero-order chi connectivity index (χ0) is 46.4. The van der Waals surface area contributed by atoms with Crippen LogP contribution in [-0.2, 0) is 19.1 Å². The fourth-order valence-electron chi connectivity index (χ4n) is 9.47. The Labute approximate surface area is 391 Å². The van der Waals surface area contributed by atoms with Crippen LogP contribution >= 0.6 is 0 Å². The van der Waals surface area contributed by atoms with Crippen LogP contribution in [0.4, 0.5) is 0 Å². The molecule has 0 bridgehead atoms. The molecular formula is C56H106N2O5. The Morgan fingerprint density at radius 2 is 1.00 bits per heavy atom. The van der Waals surface area contributed by atoms with E-state index >= 15 is 0 Å². The van der Waals surface area contributed by atoms with E-state index < -0.39 is 5.60 Å². The van der Waals surface area contributed by atoms with Crippen molar-refractivity contribution in [3.63, 3.8) is 0 Å². The molecule has 1 aliphatic carbocycles. The van der Waals surface area contributed by atoms with Gasteiger partial charge in [0.15, 0.2) is 0 Å². The molecule has 0 aliphatic heterocycles. The normalized spacial score (nSPS) is 15.8. The van der Waals surface area contributed by atoms with Crippen molar-refractivity contribution in [3.8, 4) is 0 Å². The molecule has 1 unspecified atom stereocenters. The number of unbranched alkanes of at least 4 members (excludes halogenated alkanes) is 23. The first kappa shape index (κ1) is 59.2. The topological polar surface area (TPSA) is 88.1 Å². The molecule has 7 heteroatoms. The summed E-state index contributed by atoms with van der Waals surface area (Å²) in [4.78, 5) is 28.2. The van der Waals surface area contributed by atoms with Crippen LogP contribution in [0.5, 0.6) is 0 Å². The van der Waals surface area contributed by atoms with Crippen LogP contribution in [0.3, 0.4) is 0 Å². The van der Waals surface area contributed by atoms with Gasteiger partial charge in [0.05, 0.1) is 17.6 Å². The third kappa shape index (κ3) is 29.4. The first-order valence-corrected chi connectivity index (χ1v) is 27.5. The van der Waals surface area contributed by atoms with Crippen molar-refractivity contribution >= 4 is 11.8 Å². The van der Waals surface area contributed by atoms with Crippen molar-refractivity contribution in [1.82, 2.24) is 10.2 Å². The number of nitrogens with one attached hydrogen (secondary N) is 1. The van der Waals surface area contributed by atoms with Crippen LogP contribution in [0.15, 0.2) is 23.6 Å². The highest BCUT2D eigenvalue weighted by Crippen LogP contribution is 2.38. The Balaban J connectivity index is 2.47. The number of esters is 1. The maximum atomic E-state index is 12.9. The summed E-state index contributed by atoms with van der Waals surface area (Å²) in [5.74, 6) is 0.952. The minimum absolute atomic E-state index is 0.0162. The summed E-state index contributed by atoms with van der Waals surface area (Å²) in [7, 11) is 0. The summed E-state index contributed by atoms with van der Waals surface area (Å²) in [5.41, 5.74) is 0.150. The molecule has 0 fully saturated rings. The zero-order valence-corrected chi connectivity index (χ0v) is 43.0.